The van der Waals surface area contributed by atoms with Gasteiger partial charge in [0.2, 0.25) is 0 Å². The number of aliphatic hydroxyl groups excluding tert-OH is 1. The van der Waals surface area contributed by atoms with Crippen molar-refractivity contribution in [2.24, 2.45) is 27.6 Å². The van der Waals surface area contributed by atoms with Gasteiger partial charge in [0.25, 0.3) is 0 Å². The van der Waals surface area contributed by atoms with Crippen molar-refractivity contribution >= 4 is 5.97 Å². The molecule has 2 N–H and O–H groups in total. The number of carboxylic acids is 1. The molecule has 2 aliphatic carbocycles. The number of aliphatic hydroxyl groups is 1. The first-order valence-corrected chi connectivity index (χ1v) is 40.4. The molecule has 2 unspecified atom stereocenters. The number of carbonyl (C=O) groups is 1. The number of carboxylic acid groups (broad SMARTS) is 1. The maximum Gasteiger partial charge on any atom is 0.309 e. The zero-order chi connectivity index (χ0) is 61.5. The highest BCUT2D eigenvalue weighted by molar-refractivity contribution is 5.70. The predicted octanol–water partition coefficient (Wildman–Crippen LogP) is 29.1. The fourth-order valence-electron chi connectivity index (χ4n) is 16.2. The van der Waals surface area contributed by atoms with Crippen molar-refractivity contribution in [1.82, 2.24) is 0 Å². The van der Waals surface area contributed by atoms with Crippen molar-refractivity contribution < 1.29 is 15.0 Å². The molecule has 0 amide bonds. The summed E-state index contributed by atoms with van der Waals surface area (Å²) in [5.41, 5.74) is 2.56. The van der Waals surface area contributed by atoms with E-state index in [0.29, 0.717) is 34.5 Å². The van der Waals surface area contributed by atoms with Crippen LogP contribution in [-0.4, -0.2) is 22.3 Å². The molecular weight excluding hydrogens is 1030 g/mol. The van der Waals surface area contributed by atoms with Gasteiger partial charge in [0, 0.05) is 0 Å². The van der Waals surface area contributed by atoms with E-state index in [-0.39, 0.29) is 0 Å². The van der Waals surface area contributed by atoms with E-state index in [0.717, 1.165) is 25.7 Å². The highest BCUT2D eigenvalue weighted by Gasteiger charge is 2.59. The van der Waals surface area contributed by atoms with Crippen LogP contribution in [0.3, 0.4) is 0 Å². The molecule has 2 rings (SSSR count). The topological polar surface area (TPSA) is 57.5 Å². The predicted molar refractivity (Wildman–Crippen MR) is 379 cm³/mol. The Hall–Kier alpha value is -0.570. The van der Waals surface area contributed by atoms with Gasteiger partial charge in [-0.15, -0.1) is 0 Å². The standard InChI is InChI=1S/C82H160O3/c1-7-9-11-13-15-17-19-21-23-25-26-27-28-29-30-31-34-38-44-50-56-62-68-76(78(84)85)77(83)69-63-57-51-45-39-35-33-37-41-47-53-59-65-71-80(4)75-82(80,6)73-67-61-55-49-43-42-48-54-60-66-72-81(5)74-79(81,3)70-64-58-52-46-40-36-32-24-22-20-18-16-14-12-10-8-2/h76-77,83H,7-75H2,1-6H3,(H,84,85)/t76?,77?,79-,80+,81+,82-/m1/s1. The smallest absolute Gasteiger partial charge is 0.309 e. The number of hydrogen-bond donors (Lipinski definition) is 2. The quantitative estimate of drug-likeness (QED) is 0.0597. The molecule has 0 bridgehead atoms. The maximum absolute atomic E-state index is 12.0. The summed E-state index contributed by atoms with van der Waals surface area (Å²) in [6.07, 6.45) is 95.0. The van der Waals surface area contributed by atoms with E-state index in [1.54, 1.807) is 0 Å². The summed E-state index contributed by atoms with van der Waals surface area (Å²) in [5, 5.41) is 20.6. The van der Waals surface area contributed by atoms with Gasteiger partial charge in [-0.05, 0) is 73.0 Å². The summed E-state index contributed by atoms with van der Waals surface area (Å²) in [4.78, 5) is 12.0. The number of hydrogen-bond acceptors (Lipinski definition) is 2. The average Bonchev–Trinajstić information content (AvgIpc) is 2.00. The lowest BCUT2D eigenvalue weighted by atomic mass is 9.86. The van der Waals surface area contributed by atoms with Gasteiger partial charge in [-0.1, -0.05) is 433 Å². The molecule has 506 valence electrons. The third-order valence-electron chi connectivity index (χ3n) is 23.4. The first-order valence-electron chi connectivity index (χ1n) is 40.4. The molecule has 3 heteroatoms. The molecule has 0 heterocycles. The summed E-state index contributed by atoms with van der Waals surface area (Å²) < 4.78 is 0. The van der Waals surface area contributed by atoms with Crippen LogP contribution in [0.1, 0.15) is 485 Å². The maximum atomic E-state index is 12.0. The molecule has 0 aliphatic heterocycles. The average molecular weight is 1190 g/mol. The third-order valence-corrected chi connectivity index (χ3v) is 23.4. The molecule has 2 saturated carbocycles. The Kier molecular flexibility index (Phi) is 52.2. The molecule has 0 aromatic rings. The van der Waals surface area contributed by atoms with Crippen molar-refractivity contribution in [2.75, 3.05) is 0 Å². The monoisotopic (exact) mass is 1190 g/mol. The number of unbranched alkanes of at least 4 members (excludes halogenated alkanes) is 57. The summed E-state index contributed by atoms with van der Waals surface area (Å²) >= 11 is 0. The van der Waals surface area contributed by atoms with Gasteiger partial charge in [0.1, 0.15) is 0 Å². The normalized spacial score (nSPS) is 20.8. The first kappa shape index (κ1) is 80.5. The van der Waals surface area contributed by atoms with Crippen molar-refractivity contribution in [3.05, 3.63) is 0 Å². The second-order valence-electron chi connectivity index (χ2n) is 31.5. The lowest BCUT2D eigenvalue weighted by Crippen LogP contribution is -2.28. The molecule has 6 atom stereocenters. The summed E-state index contributed by atoms with van der Waals surface area (Å²) in [6, 6.07) is 0. The van der Waals surface area contributed by atoms with E-state index in [9.17, 15) is 15.0 Å². The van der Waals surface area contributed by atoms with Crippen LogP contribution in [-0.2, 0) is 4.79 Å². The van der Waals surface area contributed by atoms with Gasteiger partial charge in [0.15, 0.2) is 0 Å². The minimum atomic E-state index is -0.798. The molecule has 0 aromatic carbocycles. The lowest BCUT2D eigenvalue weighted by molar-refractivity contribution is -0.146. The summed E-state index contributed by atoms with van der Waals surface area (Å²) in [6.45, 7) is 15.1. The van der Waals surface area contributed by atoms with E-state index in [2.05, 4.69) is 41.5 Å². The van der Waals surface area contributed by atoms with Crippen LogP contribution in [0.4, 0.5) is 0 Å². The Balaban J connectivity index is 1.27. The van der Waals surface area contributed by atoms with Crippen LogP contribution in [0.25, 0.3) is 0 Å². The van der Waals surface area contributed by atoms with Crippen molar-refractivity contribution in [2.45, 2.75) is 491 Å². The van der Waals surface area contributed by atoms with Gasteiger partial charge >= 0.3 is 5.97 Å². The van der Waals surface area contributed by atoms with Gasteiger partial charge in [-0.2, -0.15) is 0 Å². The second kappa shape index (κ2) is 55.1. The van der Waals surface area contributed by atoms with Crippen molar-refractivity contribution in [3.63, 3.8) is 0 Å². The van der Waals surface area contributed by atoms with Crippen LogP contribution in [0.5, 0.6) is 0 Å². The van der Waals surface area contributed by atoms with Crippen molar-refractivity contribution in [1.29, 1.82) is 0 Å². The molecule has 0 radical (unpaired) electrons. The molecule has 2 aliphatic rings. The minimum Gasteiger partial charge on any atom is -0.481 e. The van der Waals surface area contributed by atoms with Crippen LogP contribution in [0.2, 0.25) is 0 Å². The largest absolute Gasteiger partial charge is 0.481 e. The highest BCUT2D eigenvalue weighted by atomic mass is 16.4. The minimum absolute atomic E-state index is 0.585. The lowest BCUT2D eigenvalue weighted by Gasteiger charge is -2.19. The Bertz CT molecular complexity index is 1420. The van der Waals surface area contributed by atoms with E-state index in [4.69, 9.17) is 0 Å². The Morgan fingerprint density at radius 1 is 0.259 bits per heavy atom. The fraction of sp³-hybridized carbons (Fsp3) is 0.988. The van der Waals surface area contributed by atoms with Gasteiger partial charge in [0.05, 0.1) is 12.0 Å². The van der Waals surface area contributed by atoms with Gasteiger partial charge in [-0.25, -0.2) is 0 Å². The van der Waals surface area contributed by atoms with Crippen LogP contribution < -0.4 is 0 Å². The summed E-state index contributed by atoms with van der Waals surface area (Å²) in [5.74, 6) is -1.38. The third kappa shape index (κ3) is 43.8. The molecule has 2 fully saturated rings. The zero-order valence-electron chi connectivity index (χ0n) is 59.7. The van der Waals surface area contributed by atoms with Crippen LogP contribution in [0.15, 0.2) is 0 Å². The van der Waals surface area contributed by atoms with E-state index in [1.807, 2.05) is 0 Å². The Morgan fingerprint density at radius 2 is 0.412 bits per heavy atom. The molecular formula is C82H160O3. The fourth-order valence-corrected chi connectivity index (χ4v) is 16.2. The Morgan fingerprint density at radius 3 is 0.588 bits per heavy atom. The summed E-state index contributed by atoms with van der Waals surface area (Å²) in [7, 11) is 0. The number of rotatable bonds is 71. The molecule has 0 aromatic heterocycles. The number of aliphatic carboxylic acids is 1. The van der Waals surface area contributed by atoms with Crippen LogP contribution >= 0.6 is 0 Å². The SMILES string of the molecule is CCCCCCCCCCCCCCCCCCCCCCCCC(C(=O)O)C(O)CCCCCCCCCCCCCCC[C@@]1(C)C[C@@]1(C)CCCCCCCCCCCC[C@@]1(C)C[C@@]1(C)CCCCCCCCCCCCCCCCCC. The van der Waals surface area contributed by atoms with Crippen molar-refractivity contribution in [3.8, 4) is 0 Å². The highest BCUT2D eigenvalue weighted by Crippen LogP contribution is 2.69. The first-order chi connectivity index (χ1) is 41.5. The Labute approximate surface area is 536 Å². The molecule has 85 heavy (non-hydrogen) atoms. The van der Waals surface area contributed by atoms with E-state index >= 15 is 0 Å². The van der Waals surface area contributed by atoms with E-state index in [1.165, 1.54) is 405 Å². The van der Waals surface area contributed by atoms with Gasteiger partial charge < -0.3 is 10.2 Å². The van der Waals surface area contributed by atoms with Gasteiger partial charge in [-0.3, -0.25) is 4.79 Å². The second-order valence-corrected chi connectivity index (χ2v) is 31.5. The molecule has 3 nitrogen and oxygen atoms in total. The molecule has 0 saturated heterocycles. The zero-order valence-corrected chi connectivity index (χ0v) is 59.7. The van der Waals surface area contributed by atoms with Crippen LogP contribution in [0, 0.1) is 27.6 Å². The molecule has 0 spiro atoms. The van der Waals surface area contributed by atoms with E-state index < -0.39 is 18.0 Å².